The number of rotatable bonds is 10. The highest BCUT2D eigenvalue weighted by atomic mass is 32.1. The number of para-hydroxylation sites is 1. The summed E-state index contributed by atoms with van der Waals surface area (Å²) in [7, 11) is 0. The molecule has 0 radical (unpaired) electrons. The van der Waals surface area contributed by atoms with E-state index in [1.165, 1.54) is 11.3 Å². The van der Waals surface area contributed by atoms with Crippen LogP contribution in [0, 0.1) is 25.2 Å². The average Bonchev–Trinajstić information content (AvgIpc) is 3.47. The summed E-state index contributed by atoms with van der Waals surface area (Å²) in [4.78, 5) is 26.0. The summed E-state index contributed by atoms with van der Waals surface area (Å²) in [6, 6.07) is 9.53. The standard InChI is InChI=1S/C28H31N3O5S/c1-4-22-23-12-10-19(17-35-28(33)29-16-21-14-18(3)36-31-21)15-25(23)37-27(22)30-26(32)13-11-20-8-6-7-9-24(20)34-5-2/h1,6-9,14,19H,5,10-13,15-17H2,2-3H3,(H,29,33)(H,30,32). The SMILES string of the molecule is C#Cc1c(NC(=O)CCc2ccccc2OCC)sc2c1CCC(COC(=O)NCc1cc(C)on1)C2. The topological polar surface area (TPSA) is 103 Å². The molecule has 2 amide bonds. The van der Waals surface area contributed by atoms with Gasteiger partial charge in [-0.1, -0.05) is 29.3 Å². The van der Waals surface area contributed by atoms with Gasteiger partial charge < -0.3 is 24.6 Å². The number of alkyl carbamates (subject to hydrolysis) is 1. The number of nitrogens with one attached hydrogen (secondary N) is 2. The Morgan fingerprint density at radius 2 is 2.16 bits per heavy atom. The second-order valence-corrected chi connectivity index (χ2v) is 10.0. The molecule has 0 fully saturated rings. The number of carbonyl (C=O) groups is 2. The van der Waals surface area contributed by atoms with Gasteiger partial charge in [0.15, 0.2) is 0 Å². The number of amides is 2. The highest BCUT2D eigenvalue weighted by Crippen LogP contribution is 2.39. The zero-order chi connectivity index (χ0) is 26.2. The lowest BCUT2D eigenvalue weighted by Gasteiger charge is -2.22. The molecule has 2 aromatic heterocycles. The lowest BCUT2D eigenvalue weighted by Crippen LogP contribution is -2.27. The summed E-state index contributed by atoms with van der Waals surface area (Å²) in [6.45, 7) is 4.88. The van der Waals surface area contributed by atoms with Gasteiger partial charge in [-0.3, -0.25) is 4.79 Å². The Balaban J connectivity index is 1.29. The Labute approximate surface area is 220 Å². The Morgan fingerprint density at radius 3 is 2.92 bits per heavy atom. The van der Waals surface area contributed by atoms with E-state index in [1.54, 1.807) is 13.0 Å². The van der Waals surface area contributed by atoms with Crippen molar-refractivity contribution in [3.05, 3.63) is 63.4 Å². The number of hydrogen-bond acceptors (Lipinski definition) is 7. The molecule has 3 aromatic rings. The van der Waals surface area contributed by atoms with Crippen molar-refractivity contribution < 1.29 is 23.6 Å². The van der Waals surface area contributed by atoms with E-state index in [9.17, 15) is 9.59 Å². The van der Waals surface area contributed by atoms with Gasteiger partial charge in [-0.25, -0.2) is 4.79 Å². The van der Waals surface area contributed by atoms with E-state index < -0.39 is 6.09 Å². The molecule has 1 atom stereocenters. The number of carbonyl (C=O) groups excluding carboxylic acids is 2. The van der Waals surface area contributed by atoms with Gasteiger partial charge in [-0.15, -0.1) is 17.8 Å². The van der Waals surface area contributed by atoms with Gasteiger partial charge in [-0.05, 0) is 62.6 Å². The largest absolute Gasteiger partial charge is 0.494 e. The fourth-order valence-corrected chi connectivity index (χ4v) is 5.73. The molecule has 0 spiro atoms. The molecule has 0 aliphatic heterocycles. The predicted octanol–water partition coefficient (Wildman–Crippen LogP) is 5.03. The van der Waals surface area contributed by atoms with E-state index in [0.717, 1.165) is 51.6 Å². The van der Waals surface area contributed by atoms with E-state index in [-0.39, 0.29) is 18.4 Å². The van der Waals surface area contributed by atoms with Crippen LogP contribution in [0.15, 0.2) is 34.9 Å². The van der Waals surface area contributed by atoms with Gasteiger partial charge in [0.2, 0.25) is 5.91 Å². The molecule has 0 saturated carbocycles. The fraction of sp³-hybridized carbons (Fsp3) is 0.393. The van der Waals surface area contributed by atoms with E-state index in [1.807, 2.05) is 31.2 Å². The van der Waals surface area contributed by atoms with Crippen LogP contribution in [0.3, 0.4) is 0 Å². The van der Waals surface area contributed by atoms with E-state index in [2.05, 4.69) is 21.7 Å². The minimum absolute atomic E-state index is 0.0831. The van der Waals surface area contributed by atoms with Gasteiger partial charge >= 0.3 is 6.09 Å². The Kier molecular flexibility index (Phi) is 8.86. The predicted molar refractivity (Wildman–Crippen MR) is 142 cm³/mol. The Hall–Kier alpha value is -3.77. The number of terminal acetylenes is 1. The first-order chi connectivity index (χ1) is 18.0. The number of benzene rings is 1. The number of thiophene rings is 1. The van der Waals surface area contributed by atoms with Crippen LogP contribution in [-0.4, -0.2) is 30.4 Å². The summed E-state index contributed by atoms with van der Waals surface area (Å²) in [6.07, 6.45) is 8.65. The van der Waals surface area contributed by atoms with E-state index in [4.69, 9.17) is 20.4 Å². The maximum atomic E-state index is 12.8. The first-order valence-electron chi connectivity index (χ1n) is 12.4. The van der Waals surface area contributed by atoms with Crippen molar-refractivity contribution in [3.63, 3.8) is 0 Å². The van der Waals surface area contributed by atoms with Crippen LogP contribution in [0.2, 0.25) is 0 Å². The number of anilines is 1. The molecule has 1 aliphatic rings. The first kappa shape index (κ1) is 26.3. The molecule has 9 heteroatoms. The molecule has 37 heavy (non-hydrogen) atoms. The van der Waals surface area contributed by atoms with Crippen molar-refractivity contribution in [2.75, 3.05) is 18.5 Å². The molecule has 1 aromatic carbocycles. The zero-order valence-corrected chi connectivity index (χ0v) is 21.9. The van der Waals surface area contributed by atoms with E-state index in [0.29, 0.717) is 37.5 Å². The zero-order valence-electron chi connectivity index (χ0n) is 21.1. The fourth-order valence-electron chi connectivity index (χ4n) is 4.39. The van der Waals surface area contributed by atoms with Crippen molar-refractivity contribution in [3.8, 4) is 18.1 Å². The lowest BCUT2D eigenvalue weighted by atomic mass is 9.87. The maximum Gasteiger partial charge on any atom is 0.407 e. The third kappa shape index (κ3) is 6.92. The van der Waals surface area contributed by atoms with Gasteiger partial charge in [0, 0.05) is 17.4 Å². The van der Waals surface area contributed by atoms with Crippen LogP contribution in [0.5, 0.6) is 5.75 Å². The molecule has 2 N–H and O–H groups in total. The third-order valence-corrected chi connectivity index (χ3v) is 7.37. The van der Waals surface area contributed by atoms with Crippen LogP contribution >= 0.6 is 11.3 Å². The van der Waals surface area contributed by atoms with Crippen molar-refractivity contribution in [2.24, 2.45) is 5.92 Å². The molecule has 1 unspecified atom stereocenters. The summed E-state index contributed by atoms with van der Waals surface area (Å²) >= 11 is 1.52. The molecular weight excluding hydrogens is 490 g/mol. The number of nitrogens with zero attached hydrogens (tertiary/aromatic N) is 1. The number of aryl methyl sites for hydroxylation is 2. The summed E-state index contributed by atoms with van der Waals surface area (Å²) < 4.78 is 16.1. The van der Waals surface area contributed by atoms with Gasteiger partial charge in [0.1, 0.15) is 22.2 Å². The smallest absolute Gasteiger partial charge is 0.407 e. The van der Waals surface area contributed by atoms with Crippen LogP contribution in [0.1, 0.15) is 52.8 Å². The Morgan fingerprint density at radius 1 is 1.32 bits per heavy atom. The second-order valence-electron chi connectivity index (χ2n) is 8.93. The Bertz CT molecular complexity index is 1290. The highest BCUT2D eigenvalue weighted by molar-refractivity contribution is 7.16. The molecule has 194 valence electrons. The molecule has 1 aliphatic carbocycles. The van der Waals surface area contributed by atoms with E-state index >= 15 is 0 Å². The minimum Gasteiger partial charge on any atom is -0.494 e. The van der Waals surface area contributed by atoms with Gasteiger partial charge in [0.05, 0.1) is 25.3 Å². The van der Waals surface area contributed by atoms with Crippen LogP contribution in [0.25, 0.3) is 0 Å². The second kappa shape index (κ2) is 12.5. The summed E-state index contributed by atoms with van der Waals surface area (Å²) in [5.41, 5.74) is 3.53. The highest BCUT2D eigenvalue weighted by Gasteiger charge is 2.26. The van der Waals surface area contributed by atoms with Gasteiger partial charge in [-0.2, -0.15) is 0 Å². The molecule has 8 nitrogen and oxygen atoms in total. The molecular formula is C28H31N3O5S. The van der Waals surface area contributed by atoms with Crippen molar-refractivity contribution in [1.82, 2.24) is 10.5 Å². The third-order valence-electron chi connectivity index (χ3n) is 6.20. The summed E-state index contributed by atoms with van der Waals surface area (Å²) in [5, 5.41) is 10.3. The van der Waals surface area contributed by atoms with Crippen molar-refractivity contribution in [2.45, 2.75) is 52.5 Å². The van der Waals surface area contributed by atoms with Crippen LogP contribution in [-0.2, 0) is 35.3 Å². The molecule has 2 heterocycles. The first-order valence-corrected chi connectivity index (χ1v) is 13.2. The minimum atomic E-state index is -0.485. The van der Waals surface area contributed by atoms with Crippen molar-refractivity contribution >= 4 is 28.3 Å². The van der Waals surface area contributed by atoms with Crippen LogP contribution < -0.4 is 15.4 Å². The molecule has 0 saturated heterocycles. The summed E-state index contributed by atoms with van der Waals surface area (Å²) in [5.74, 6) is 4.38. The number of fused-ring (bicyclic) bond motifs is 1. The molecule has 4 rings (SSSR count). The average molecular weight is 522 g/mol. The van der Waals surface area contributed by atoms with Crippen molar-refractivity contribution in [1.29, 1.82) is 0 Å². The number of ether oxygens (including phenoxy) is 2. The normalized spacial score (nSPS) is 14.4. The monoisotopic (exact) mass is 521 g/mol. The maximum absolute atomic E-state index is 12.8. The molecule has 0 bridgehead atoms. The van der Waals surface area contributed by atoms with Gasteiger partial charge in [0.25, 0.3) is 0 Å². The number of aromatic nitrogens is 1. The lowest BCUT2D eigenvalue weighted by molar-refractivity contribution is -0.116. The van der Waals surface area contributed by atoms with Crippen LogP contribution in [0.4, 0.5) is 9.80 Å². The quantitative estimate of drug-likeness (QED) is 0.363. The number of hydrogen-bond donors (Lipinski definition) is 2.